The molecular weight excluding hydrogens is 282 g/mol. The molecule has 0 bridgehead atoms. The van der Waals surface area contributed by atoms with Crippen LogP contribution >= 0.6 is 12.2 Å². The lowest BCUT2D eigenvalue weighted by Gasteiger charge is -2.39. The second-order valence-corrected chi connectivity index (χ2v) is 6.54. The van der Waals surface area contributed by atoms with E-state index in [1.807, 2.05) is 0 Å². The smallest absolute Gasteiger partial charge is 0.254 e. The first kappa shape index (κ1) is 16.2. The van der Waals surface area contributed by atoms with Crippen molar-refractivity contribution in [1.29, 1.82) is 0 Å². The number of amides is 1. The van der Waals surface area contributed by atoms with E-state index in [-0.39, 0.29) is 11.4 Å². The highest BCUT2D eigenvalue weighted by atomic mass is 32.1. The predicted molar refractivity (Wildman–Crippen MR) is 88.1 cm³/mol. The van der Waals surface area contributed by atoms with Gasteiger partial charge in [0, 0.05) is 18.3 Å². The molecule has 21 heavy (non-hydrogen) atoms. The van der Waals surface area contributed by atoms with Crippen LogP contribution in [0.4, 0.5) is 0 Å². The van der Waals surface area contributed by atoms with Crippen molar-refractivity contribution in [3.05, 3.63) is 28.5 Å². The van der Waals surface area contributed by atoms with Crippen molar-refractivity contribution in [1.82, 2.24) is 15.2 Å². The molecule has 2 N–H and O–H groups in total. The lowest BCUT2D eigenvalue weighted by Crippen LogP contribution is -2.52. The van der Waals surface area contributed by atoms with Crippen LogP contribution in [0.15, 0.2) is 18.3 Å². The molecule has 5 heteroatoms. The number of nitrogens with one attached hydrogen (secondary N) is 2. The molecule has 1 aromatic rings. The quantitative estimate of drug-likeness (QED) is 0.664. The molecule has 0 atom stereocenters. The van der Waals surface area contributed by atoms with Crippen molar-refractivity contribution in [2.24, 2.45) is 0 Å². The first-order valence-corrected chi connectivity index (χ1v) is 8.09. The van der Waals surface area contributed by atoms with Crippen molar-refractivity contribution in [3.63, 3.8) is 0 Å². The second kappa shape index (κ2) is 7.18. The maximum atomic E-state index is 12.3. The van der Waals surface area contributed by atoms with Gasteiger partial charge in [-0.25, -0.2) is 0 Å². The number of likely N-dealkylation sites (N-methyl/N-ethyl adjacent to an activating group) is 1. The number of pyridine rings is 1. The Morgan fingerprint density at radius 2 is 2.00 bits per heavy atom. The van der Waals surface area contributed by atoms with E-state index in [0.29, 0.717) is 16.7 Å². The SMILES string of the molecule is CN(C)C1(CNC(=O)c2ccc[nH]c2=S)CCCCCC1. The zero-order valence-corrected chi connectivity index (χ0v) is 13.8. The van der Waals surface area contributed by atoms with Crippen LogP contribution in [-0.2, 0) is 0 Å². The van der Waals surface area contributed by atoms with Crippen molar-refractivity contribution in [2.75, 3.05) is 20.6 Å². The molecule has 0 spiro atoms. The summed E-state index contributed by atoms with van der Waals surface area (Å²) in [5, 5.41) is 3.09. The molecule has 4 nitrogen and oxygen atoms in total. The Kier molecular flexibility index (Phi) is 5.53. The fourth-order valence-corrected chi connectivity index (χ4v) is 3.34. The Morgan fingerprint density at radius 1 is 1.33 bits per heavy atom. The minimum Gasteiger partial charge on any atom is -0.352 e. The number of hydrogen-bond acceptors (Lipinski definition) is 3. The van der Waals surface area contributed by atoms with Crippen LogP contribution in [0.3, 0.4) is 0 Å². The molecule has 116 valence electrons. The molecule has 1 fully saturated rings. The number of carbonyl (C=O) groups is 1. The number of H-pyrrole nitrogens is 1. The molecule has 2 rings (SSSR count). The van der Waals surface area contributed by atoms with E-state index in [1.165, 1.54) is 25.7 Å². The summed E-state index contributed by atoms with van der Waals surface area (Å²) in [6, 6.07) is 3.57. The largest absolute Gasteiger partial charge is 0.352 e. The summed E-state index contributed by atoms with van der Waals surface area (Å²) in [6.07, 6.45) is 9.09. The van der Waals surface area contributed by atoms with Gasteiger partial charge in [-0.1, -0.05) is 37.9 Å². The van der Waals surface area contributed by atoms with Crippen molar-refractivity contribution in [2.45, 2.75) is 44.1 Å². The maximum absolute atomic E-state index is 12.3. The Morgan fingerprint density at radius 3 is 2.57 bits per heavy atom. The fraction of sp³-hybridized carbons (Fsp3) is 0.625. The highest BCUT2D eigenvalue weighted by Gasteiger charge is 2.33. The predicted octanol–water partition coefficient (Wildman–Crippen LogP) is 3.13. The maximum Gasteiger partial charge on any atom is 0.254 e. The van der Waals surface area contributed by atoms with Gasteiger partial charge in [0.2, 0.25) is 0 Å². The van der Waals surface area contributed by atoms with E-state index in [4.69, 9.17) is 12.2 Å². The highest BCUT2D eigenvalue weighted by molar-refractivity contribution is 7.71. The molecule has 1 heterocycles. The van der Waals surface area contributed by atoms with Crippen molar-refractivity contribution >= 4 is 18.1 Å². The van der Waals surface area contributed by atoms with Gasteiger partial charge in [0.15, 0.2) is 0 Å². The van der Waals surface area contributed by atoms with Crippen molar-refractivity contribution < 1.29 is 4.79 Å². The van der Waals surface area contributed by atoms with Gasteiger partial charge in [-0.3, -0.25) is 4.79 Å². The molecule has 0 aromatic carbocycles. The molecule has 0 aliphatic heterocycles. The zero-order chi connectivity index (χ0) is 15.3. The van der Waals surface area contributed by atoms with E-state index in [9.17, 15) is 4.79 Å². The van der Waals surface area contributed by atoms with Gasteiger partial charge in [-0.05, 0) is 39.1 Å². The van der Waals surface area contributed by atoms with Crippen LogP contribution < -0.4 is 5.32 Å². The van der Waals surface area contributed by atoms with Crippen LogP contribution in [0.25, 0.3) is 0 Å². The van der Waals surface area contributed by atoms with Gasteiger partial charge in [-0.15, -0.1) is 0 Å². The van der Waals surface area contributed by atoms with Gasteiger partial charge < -0.3 is 15.2 Å². The Labute approximate surface area is 131 Å². The summed E-state index contributed by atoms with van der Waals surface area (Å²) < 4.78 is 0.495. The lowest BCUT2D eigenvalue weighted by atomic mass is 9.88. The van der Waals surface area contributed by atoms with Crippen molar-refractivity contribution in [3.8, 4) is 0 Å². The van der Waals surface area contributed by atoms with Crippen LogP contribution in [0.5, 0.6) is 0 Å². The number of hydrogen-bond donors (Lipinski definition) is 2. The van der Waals surface area contributed by atoms with E-state index in [1.54, 1.807) is 18.3 Å². The minimum atomic E-state index is -0.0812. The Hall–Kier alpha value is -1.20. The Balaban J connectivity index is 2.07. The average molecular weight is 307 g/mol. The van der Waals surface area contributed by atoms with Crippen LogP contribution in [0.2, 0.25) is 0 Å². The highest BCUT2D eigenvalue weighted by Crippen LogP contribution is 2.30. The molecule has 0 saturated heterocycles. The van der Waals surface area contributed by atoms with E-state index in [0.717, 1.165) is 12.8 Å². The first-order chi connectivity index (χ1) is 10.1. The number of aromatic nitrogens is 1. The average Bonchev–Trinajstić information content (AvgIpc) is 2.72. The van der Waals surface area contributed by atoms with Gasteiger partial charge >= 0.3 is 0 Å². The standard InChI is InChI=1S/C16H25N3OS/c1-19(2)16(9-5-3-4-6-10-16)12-18-14(20)13-8-7-11-17-15(13)21/h7-8,11H,3-6,9-10,12H2,1-2H3,(H,17,21)(H,18,20). The summed E-state index contributed by atoms with van der Waals surface area (Å²) in [7, 11) is 4.23. The minimum absolute atomic E-state index is 0.0757. The number of rotatable bonds is 4. The van der Waals surface area contributed by atoms with Gasteiger partial charge in [0.1, 0.15) is 4.64 Å². The lowest BCUT2D eigenvalue weighted by molar-refractivity contribution is 0.0868. The van der Waals surface area contributed by atoms with Crippen LogP contribution in [-0.4, -0.2) is 42.0 Å². The summed E-state index contributed by atoms with van der Waals surface area (Å²) in [4.78, 5) is 17.5. The zero-order valence-electron chi connectivity index (χ0n) is 12.9. The molecule has 1 aromatic heterocycles. The number of aromatic amines is 1. The summed E-state index contributed by atoms with van der Waals surface area (Å²) >= 11 is 5.17. The topological polar surface area (TPSA) is 48.1 Å². The van der Waals surface area contributed by atoms with E-state index < -0.39 is 0 Å². The summed E-state index contributed by atoms with van der Waals surface area (Å²) in [5.74, 6) is -0.0812. The monoisotopic (exact) mass is 307 g/mol. The summed E-state index contributed by atoms with van der Waals surface area (Å²) in [5.41, 5.74) is 0.627. The third-order valence-electron chi connectivity index (χ3n) is 4.62. The number of carbonyl (C=O) groups excluding carboxylic acids is 1. The Bertz CT molecular complexity index is 530. The van der Waals surface area contributed by atoms with Gasteiger partial charge in [-0.2, -0.15) is 0 Å². The van der Waals surface area contributed by atoms with Crippen LogP contribution in [0, 0.1) is 4.64 Å². The molecule has 1 amide bonds. The third-order valence-corrected chi connectivity index (χ3v) is 4.96. The molecule has 1 aliphatic carbocycles. The number of nitrogens with zero attached hydrogens (tertiary/aromatic N) is 1. The van der Waals surface area contributed by atoms with Crippen LogP contribution in [0.1, 0.15) is 48.9 Å². The normalized spacial score (nSPS) is 18.2. The molecule has 1 aliphatic rings. The van der Waals surface area contributed by atoms with E-state index >= 15 is 0 Å². The van der Waals surface area contributed by atoms with E-state index in [2.05, 4.69) is 29.3 Å². The molecule has 0 unspecified atom stereocenters. The second-order valence-electron chi connectivity index (χ2n) is 6.13. The first-order valence-electron chi connectivity index (χ1n) is 7.68. The fourth-order valence-electron chi connectivity index (χ4n) is 3.11. The molecule has 0 radical (unpaired) electrons. The van der Waals surface area contributed by atoms with Gasteiger partial charge in [0.25, 0.3) is 5.91 Å². The molecule has 1 saturated carbocycles. The van der Waals surface area contributed by atoms with Gasteiger partial charge in [0.05, 0.1) is 5.56 Å². The third kappa shape index (κ3) is 3.92. The summed E-state index contributed by atoms with van der Waals surface area (Å²) in [6.45, 7) is 0.683. The molecular formula is C16H25N3OS.